The van der Waals surface area contributed by atoms with Gasteiger partial charge in [0.15, 0.2) is 0 Å². The summed E-state index contributed by atoms with van der Waals surface area (Å²) in [7, 11) is 0. The van der Waals surface area contributed by atoms with Gasteiger partial charge in [0.05, 0.1) is 13.3 Å². The zero-order valence-electron chi connectivity index (χ0n) is 20.6. The minimum absolute atomic E-state index is 0.174. The smallest absolute Gasteiger partial charge is 0.305 e. The molecular weight excluding hydrogens is 388 g/mol. The van der Waals surface area contributed by atoms with Crippen molar-refractivity contribution in [3.8, 4) is 0 Å². The average molecular weight is 440 g/mol. The molecule has 0 atom stereocenters. The Kier molecular flexibility index (Phi) is 24.1. The van der Waals surface area contributed by atoms with Crippen LogP contribution in [0.25, 0.3) is 0 Å². The van der Waals surface area contributed by atoms with Crippen molar-refractivity contribution in [3.05, 3.63) is 6.92 Å². The van der Waals surface area contributed by atoms with Crippen molar-refractivity contribution >= 4 is 11.9 Å². The zero-order chi connectivity index (χ0) is 22.8. The number of hydrogen-bond donors (Lipinski definition) is 0. The molecular formula is C27H51O4+. The Labute approximate surface area is 193 Å². The normalized spacial score (nSPS) is 10.9. The third kappa shape index (κ3) is 24.9. The molecule has 0 amide bonds. The first-order valence-electron chi connectivity index (χ1n) is 13.3. The van der Waals surface area contributed by atoms with Gasteiger partial charge in [0, 0.05) is 12.8 Å². The molecule has 0 aliphatic rings. The molecule has 0 radical (unpaired) electrons. The summed E-state index contributed by atoms with van der Waals surface area (Å²) in [6.45, 7) is 6.34. The first-order chi connectivity index (χ1) is 15.2. The van der Waals surface area contributed by atoms with Gasteiger partial charge in [-0.2, -0.15) is 0 Å². The van der Waals surface area contributed by atoms with E-state index in [4.69, 9.17) is 9.47 Å². The fourth-order valence-corrected chi connectivity index (χ4v) is 3.72. The molecule has 0 fully saturated rings. The summed E-state index contributed by atoms with van der Waals surface area (Å²) in [5.74, 6) is -0.371. The van der Waals surface area contributed by atoms with Crippen molar-refractivity contribution in [2.24, 2.45) is 0 Å². The lowest BCUT2D eigenvalue weighted by Crippen LogP contribution is -2.13. The van der Waals surface area contributed by atoms with E-state index in [0.717, 1.165) is 38.5 Å². The molecule has 4 nitrogen and oxygen atoms in total. The molecule has 0 heterocycles. The molecule has 0 saturated carbocycles. The summed E-state index contributed by atoms with van der Waals surface area (Å²) in [5.41, 5.74) is 0. The number of carbonyl (C=O) groups excluding carboxylic acids is 2. The average Bonchev–Trinajstić information content (AvgIpc) is 2.76. The largest absolute Gasteiger partial charge is 0.462 e. The van der Waals surface area contributed by atoms with Crippen LogP contribution in [0.1, 0.15) is 142 Å². The van der Waals surface area contributed by atoms with Crippen molar-refractivity contribution in [1.82, 2.24) is 0 Å². The van der Waals surface area contributed by atoms with Crippen molar-refractivity contribution in [2.45, 2.75) is 142 Å². The molecule has 31 heavy (non-hydrogen) atoms. The van der Waals surface area contributed by atoms with Crippen LogP contribution in [0.3, 0.4) is 0 Å². The number of esters is 2. The summed E-state index contributed by atoms with van der Waals surface area (Å²) in [4.78, 5) is 23.1. The van der Waals surface area contributed by atoms with Gasteiger partial charge < -0.3 is 9.47 Å². The molecule has 0 spiro atoms. The minimum atomic E-state index is -0.194. The highest BCUT2D eigenvalue weighted by atomic mass is 16.6. The highest BCUT2D eigenvalue weighted by Crippen LogP contribution is 2.14. The minimum Gasteiger partial charge on any atom is -0.462 e. The van der Waals surface area contributed by atoms with Crippen molar-refractivity contribution in [3.63, 3.8) is 0 Å². The second kappa shape index (κ2) is 25.1. The van der Waals surface area contributed by atoms with E-state index in [1.807, 2.05) is 0 Å². The second-order valence-corrected chi connectivity index (χ2v) is 8.80. The molecule has 0 saturated heterocycles. The van der Waals surface area contributed by atoms with E-state index in [1.165, 1.54) is 83.5 Å². The number of unbranched alkanes of at least 4 members (excludes halogenated alkanes) is 17. The third-order valence-electron chi connectivity index (χ3n) is 5.72. The maximum Gasteiger partial charge on any atom is 0.305 e. The van der Waals surface area contributed by atoms with Gasteiger partial charge >= 0.3 is 11.9 Å². The van der Waals surface area contributed by atoms with Crippen LogP contribution in [0.15, 0.2) is 0 Å². The molecule has 4 heteroatoms. The van der Waals surface area contributed by atoms with E-state index in [-0.39, 0.29) is 25.2 Å². The fourth-order valence-electron chi connectivity index (χ4n) is 3.72. The number of carbonyl (C=O) groups is 2. The van der Waals surface area contributed by atoms with Crippen LogP contribution in [-0.4, -0.2) is 25.2 Å². The van der Waals surface area contributed by atoms with Gasteiger partial charge in [-0.1, -0.05) is 96.8 Å². The predicted octanol–water partition coefficient (Wildman–Crippen LogP) is 8.12. The highest BCUT2D eigenvalue weighted by Gasteiger charge is 2.05. The van der Waals surface area contributed by atoms with Crippen molar-refractivity contribution in [2.75, 3.05) is 13.2 Å². The van der Waals surface area contributed by atoms with Gasteiger partial charge in [0.2, 0.25) is 0 Å². The Morgan fingerprint density at radius 1 is 0.516 bits per heavy atom. The molecule has 0 unspecified atom stereocenters. The van der Waals surface area contributed by atoms with E-state index in [9.17, 15) is 9.59 Å². The standard InChI is InChI=1S/C27H51O4/c1-3-5-7-8-9-10-11-12-13-14-15-16-17-18-19-21-23-27(29)31-25-24-30-26(28)22-20-6-4-2/h1,3-25H2,2H3/q+1. The summed E-state index contributed by atoms with van der Waals surface area (Å²) in [6, 6.07) is 0. The van der Waals surface area contributed by atoms with Gasteiger partial charge in [-0.05, 0) is 25.7 Å². The van der Waals surface area contributed by atoms with E-state index >= 15 is 0 Å². The van der Waals surface area contributed by atoms with Crippen LogP contribution >= 0.6 is 0 Å². The van der Waals surface area contributed by atoms with Gasteiger partial charge in [-0.25, -0.2) is 0 Å². The van der Waals surface area contributed by atoms with Crippen LogP contribution in [0, 0.1) is 6.92 Å². The quantitative estimate of drug-likeness (QED) is 0.0865. The molecule has 0 aromatic carbocycles. The molecule has 0 aromatic rings. The lowest BCUT2D eigenvalue weighted by atomic mass is 10.0. The number of ether oxygens (including phenoxy) is 2. The highest BCUT2D eigenvalue weighted by molar-refractivity contribution is 5.70. The first-order valence-corrected chi connectivity index (χ1v) is 13.3. The second-order valence-electron chi connectivity index (χ2n) is 8.80. The molecule has 0 bridgehead atoms. The van der Waals surface area contributed by atoms with Gasteiger partial charge in [0.25, 0.3) is 0 Å². The van der Waals surface area contributed by atoms with Crippen LogP contribution in [0.4, 0.5) is 0 Å². The SMILES string of the molecule is [CH2+]CCCCCCCCCCCCCCCCCC(=O)OCCOC(=O)CCCCC. The lowest BCUT2D eigenvalue weighted by Gasteiger charge is -2.06. The summed E-state index contributed by atoms with van der Waals surface area (Å²) < 4.78 is 10.2. The Hall–Kier alpha value is -1.19. The van der Waals surface area contributed by atoms with Crippen molar-refractivity contribution in [1.29, 1.82) is 0 Å². The van der Waals surface area contributed by atoms with Crippen LogP contribution in [0.2, 0.25) is 0 Å². The third-order valence-corrected chi connectivity index (χ3v) is 5.72. The van der Waals surface area contributed by atoms with E-state index in [0.29, 0.717) is 12.8 Å². The van der Waals surface area contributed by atoms with Gasteiger partial charge in [-0.3, -0.25) is 9.59 Å². The summed E-state index contributed by atoms with van der Waals surface area (Å²) in [5, 5.41) is 0. The van der Waals surface area contributed by atoms with Gasteiger partial charge in [-0.15, -0.1) is 0 Å². The molecule has 0 N–H and O–H groups in total. The van der Waals surface area contributed by atoms with Crippen molar-refractivity contribution < 1.29 is 19.1 Å². The maximum atomic E-state index is 11.7. The predicted molar refractivity (Wildman–Crippen MR) is 130 cm³/mol. The molecule has 182 valence electrons. The summed E-state index contributed by atoms with van der Waals surface area (Å²) >= 11 is 0. The topological polar surface area (TPSA) is 52.6 Å². The zero-order valence-corrected chi connectivity index (χ0v) is 20.6. The van der Waals surface area contributed by atoms with Gasteiger partial charge in [0.1, 0.15) is 13.2 Å². The van der Waals surface area contributed by atoms with Crippen LogP contribution in [-0.2, 0) is 19.1 Å². The molecule has 0 rings (SSSR count). The Balaban J connectivity index is 3.21. The Morgan fingerprint density at radius 2 is 0.839 bits per heavy atom. The van der Waals surface area contributed by atoms with Crippen LogP contribution in [0.5, 0.6) is 0 Å². The monoisotopic (exact) mass is 439 g/mol. The van der Waals surface area contributed by atoms with E-state index in [1.54, 1.807) is 0 Å². The lowest BCUT2D eigenvalue weighted by molar-refractivity contribution is -0.152. The maximum absolute atomic E-state index is 11.7. The summed E-state index contributed by atoms with van der Waals surface area (Å²) in [6.07, 6.45) is 24.6. The fraction of sp³-hybridized carbons (Fsp3) is 0.889. The van der Waals surface area contributed by atoms with E-state index in [2.05, 4.69) is 13.8 Å². The number of hydrogen-bond acceptors (Lipinski definition) is 4. The molecule has 0 aliphatic carbocycles. The first kappa shape index (κ1) is 29.8. The Morgan fingerprint density at radius 3 is 1.19 bits per heavy atom. The molecule has 0 aromatic heterocycles. The van der Waals surface area contributed by atoms with E-state index < -0.39 is 0 Å². The molecule has 0 aliphatic heterocycles. The number of rotatable bonds is 24. The Bertz CT molecular complexity index is 395. The van der Waals surface area contributed by atoms with Crippen LogP contribution < -0.4 is 0 Å².